The number of aliphatic hydroxyl groups excluding tert-OH is 1. The van der Waals surface area contributed by atoms with Gasteiger partial charge in [-0.25, -0.2) is 9.97 Å². The normalized spacial score (nSPS) is 15.4. The number of aliphatic hydroxyl groups is 1. The van der Waals surface area contributed by atoms with Crippen LogP contribution in [0.4, 0.5) is 0 Å². The Morgan fingerprint density at radius 1 is 0.577 bits per heavy atom. The summed E-state index contributed by atoms with van der Waals surface area (Å²) in [7, 11) is 0. The second-order valence-corrected chi connectivity index (χ2v) is 13.0. The molecular formula is C46H43N3O3. The minimum Gasteiger partial charge on any atom is -0.459 e. The zero-order valence-electron chi connectivity index (χ0n) is 29.1. The maximum Gasteiger partial charge on any atom is 0.316 e. The number of hydrogen-bond acceptors (Lipinski definition) is 6. The van der Waals surface area contributed by atoms with E-state index in [1.807, 2.05) is 60.9 Å². The molecule has 6 aromatic carbocycles. The second-order valence-electron chi connectivity index (χ2n) is 13.0. The van der Waals surface area contributed by atoms with Gasteiger partial charge in [-0.15, -0.1) is 0 Å². The van der Waals surface area contributed by atoms with Gasteiger partial charge in [0.15, 0.2) is 0 Å². The summed E-state index contributed by atoms with van der Waals surface area (Å²) in [6, 6.07) is 52.3. The molecule has 2 unspecified atom stereocenters. The maximum absolute atomic E-state index is 8.90. The van der Waals surface area contributed by atoms with E-state index in [4.69, 9.17) is 14.6 Å². The van der Waals surface area contributed by atoms with Crippen LogP contribution < -0.4 is 10.1 Å². The maximum atomic E-state index is 8.90. The predicted octanol–water partition coefficient (Wildman–Crippen LogP) is 9.38. The SMILES string of the molecule is OCc1ccc(-c2ccccc2)cc1.c1ccc(-c2ccc(COc3ncc(C4CCNCC4OCc4ccc5ccccc5c4)cn3)cc2)cc1. The van der Waals surface area contributed by atoms with Crippen LogP contribution in [0, 0.1) is 0 Å². The zero-order chi connectivity index (χ0) is 35.4. The molecule has 0 saturated carbocycles. The molecule has 1 fully saturated rings. The lowest BCUT2D eigenvalue weighted by molar-refractivity contribution is 0.0105. The first-order valence-electron chi connectivity index (χ1n) is 17.9. The van der Waals surface area contributed by atoms with Gasteiger partial charge in [-0.05, 0) is 74.3 Å². The molecule has 8 rings (SSSR count). The fourth-order valence-corrected chi connectivity index (χ4v) is 6.52. The van der Waals surface area contributed by atoms with Gasteiger partial charge in [0.1, 0.15) is 6.61 Å². The van der Waals surface area contributed by atoms with Crippen molar-refractivity contribution < 1.29 is 14.6 Å². The van der Waals surface area contributed by atoms with Crippen LogP contribution in [0.5, 0.6) is 6.01 Å². The monoisotopic (exact) mass is 685 g/mol. The van der Waals surface area contributed by atoms with Crippen LogP contribution in [0.15, 0.2) is 164 Å². The van der Waals surface area contributed by atoms with Crippen LogP contribution in [0.2, 0.25) is 0 Å². The molecule has 2 heterocycles. The topological polar surface area (TPSA) is 76.5 Å². The Kier molecular flexibility index (Phi) is 11.7. The van der Waals surface area contributed by atoms with Crippen molar-refractivity contribution in [3.8, 4) is 28.3 Å². The molecule has 260 valence electrons. The number of nitrogens with zero attached hydrogens (tertiary/aromatic N) is 2. The summed E-state index contributed by atoms with van der Waals surface area (Å²) in [5.41, 5.74) is 9.09. The van der Waals surface area contributed by atoms with Gasteiger partial charge in [-0.2, -0.15) is 0 Å². The van der Waals surface area contributed by atoms with Crippen molar-refractivity contribution in [2.45, 2.75) is 38.3 Å². The van der Waals surface area contributed by atoms with Gasteiger partial charge in [-0.3, -0.25) is 0 Å². The molecule has 1 aliphatic heterocycles. The highest BCUT2D eigenvalue weighted by Crippen LogP contribution is 2.29. The van der Waals surface area contributed by atoms with Gasteiger partial charge in [0.2, 0.25) is 0 Å². The standard InChI is InChI=1S/C33H31N3O2.C13H12O/c1-2-6-26(7-3-1)28-13-10-24(11-14-28)22-38-33-35-19-30(20-36-33)31-16-17-34-21-32(31)37-23-25-12-15-27-8-4-5-9-29(27)18-25;14-10-11-6-8-13(9-7-11)12-4-2-1-3-5-12/h1-15,18-20,31-32,34H,16-17,21-23H2;1-9,14H,10H2. The molecule has 0 aliphatic carbocycles. The molecule has 52 heavy (non-hydrogen) atoms. The van der Waals surface area contributed by atoms with Gasteiger partial charge >= 0.3 is 6.01 Å². The number of ether oxygens (including phenoxy) is 2. The lowest BCUT2D eigenvalue weighted by Gasteiger charge is -2.32. The molecule has 1 aromatic heterocycles. The van der Waals surface area contributed by atoms with Crippen molar-refractivity contribution in [3.63, 3.8) is 0 Å². The second kappa shape index (κ2) is 17.5. The molecule has 6 heteroatoms. The average Bonchev–Trinajstić information content (AvgIpc) is 3.23. The van der Waals surface area contributed by atoms with E-state index >= 15 is 0 Å². The molecule has 0 bridgehead atoms. The lowest BCUT2D eigenvalue weighted by Crippen LogP contribution is -2.41. The molecule has 2 N–H and O–H groups in total. The van der Waals surface area contributed by atoms with Crippen LogP contribution in [0.3, 0.4) is 0 Å². The fourth-order valence-electron chi connectivity index (χ4n) is 6.52. The van der Waals surface area contributed by atoms with Crippen molar-refractivity contribution in [1.82, 2.24) is 15.3 Å². The third kappa shape index (κ3) is 9.16. The van der Waals surface area contributed by atoms with Crippen LogP contribution in [-0.2, 0) is 24.6 Å². The predicted molar refractivity (Wildman–Crippen MR) is 209 cm³/mol. The molecule has 7 aromatic rings. The minimum absolute atomic E-state index is 0.0636. The first-order chi connectivity index (χ1) is 25.7. The highest BCUT2D eigenvalue weighted by atomic mass is 16.5. The zero-order valence-corrected chi connectivity index (χ0v) is 29.1. The molecule has 6 nitrogen and oxygen atoms in total. The quantitative estimate of drug-likeness (QED) is 0.149. The minimum atomic E-state index is 0.0636. The van der Waals surface area contributed by atoms with Crippen LogP contribution in [0.25, 0.3) is 33.0 Å². The summed E-state index contributed by atoms with van der Waals surface area (Å²) in [5.74, 6) is 0.247. The van der Waals surface area contributed by atoms with E-state index in [0.717, 1.165) is 36.2 Å². The molecule has 1 saturated heterocycles. The highest BCUT2D eigenvalue weighted by Gasteiger charge is 2.28. The Hall–Kier alpha value is -5.66. The summed E-state index contributed by atoms with van der Waals surface area (Å²) in [6.07, 6.45) is 4.83. The Labute approximate surface area is 305 Å². The van der Waals surface area contributed by atoms with Crippen molar-refractivity contribution in [2.75, 3.05) is 13.1 Å². The van der Waals surface area contributed by atoms with Gasteiger partial charge < -0.3 is 19.9 Å². The van der Waals surface area contributed by atoms with Crippen molar-refractivity contribution >= 4 is 10.8 Å². The Bertz CT molecular complexity index is 2120. The highest BCUT2D eigenvalue weighted by molar-refractivity contribution is 5.83. The largest absolute Gasteiger partial charge is 0.459 e. The fraction of sp³-hybridized carbons (Fsp3) is 0.174. The number of nitrogens with one attached hydrogen (secondary N) is 1. The summed E-state index contributed by atoms with van der Waals surface area (Å²) >= 11 is 0. The Balaban J connectivity index is 0.000000251. The summed E-state index contributed by atoms with van der Waals surface area (Å²) in [4.78, 5) is 9.02. The molecule has 0 spiro atoms. The first kappa shape index (κ1) is 34.8. The summed E-state index contributed by atoms with van der Waals surface area (Å²) in [5, 5.41) is 14.9. The van der Waals surface area contributed by atoms with Crippen molar-refractivity contribution in [2.24, 2.45) is 0 Å². The van der Waals surface area contributed by atoms with Crippen LogP contribution in [0.1, 0.15) is 34.6 Å². The molecule has 0 radical (unpaired) electrons. The van der Waals surface area contributed by atoms with E-state index < -0.39 is 0 Å². The molecule has 2 atom stereocenters. The first-order valence-corrected chi connectivity index (χ1v) is 17.9. The number of hydrogen-bond donors (Lipinski definition) is 2. The van der Waals surface area contributed by atoms with E-state index in [1.54, 1.807) is 0 Å². The third-order valence-electron chi connectivity index (χ3n) is 9.45. The van der Waals surface area contributed by atoms with Gasteiger partial charge in [0.25, 0.3) is 0 Å². The Morgan fingerprint density at radius 3 is 1.77 bits per heavy atom. The van der Waals surface area contributed by atoms with Gasteiger partial charge in [-0.1, -0.05) is 146 Å². The number of aromatic nitrogens is 2. The van der Waals surface area contributed by atoms with E-state index in [0.29, 0.717) is 19.2 Å². The number of piperidine rings is 1. The van der Waals surface area contributed by atoms with Crippen molar-refractivity contribution in [3.05, 3.63) is 186 Å². The van der Waals surface area contributed by atoms with Crippen molar-refractivity contribution in [1.29, 1.82) is 0 Å². The van der Waals surface area contributed by atoms with E-state index in [-0.39, 0.29) is 18.6 Å². The summed E-state index contributed by atoms with van der Waals surface area (Å²) in [6.45, 7) is 2.89. The third-order valence-corrected chi connectivity index (χ3v) is 9.45. The Morgan fingerprint density at radius 2 is 1.13 bits per heavy atom. The number of fused-ring (bicyclic) bond motifs is 1. The average molecular weight is 686 g/mol. The lowest BCUT2D eigenvalue weighted by atomic mass is 9.89. The summed E-state index contributed by atoms with van der Waals surface area (Å²) < 4.78 is 12.3. The smallest absolute Gasteiger partial charge is 0.316 e. The van der Waals surface area contributed by atoms with Gasteiger partial charge in [0, 0.05) is 24.9 Å². The van der Waals surface area contributed by atoms with E-state index in [9.17, 15) is 0 Å². The van der Waals surface area contributed by atoms with E-state index in [1.165, 1.54) is 38.6 Å². The number of rotatable bonds is 10. The van der Waals surface area contributed by atoms with Crippen LogP contribution >= 0.6 is 0 Å². The molecule has 1 aliphatic rings. The molecule has 0 amide bonds. The van der Waals surface area contributed by atoms with Crippen LogP contribution in [-0.4, -0.2) is 34.3 Å². The molecular weight excluding hydrogens is 643 g/mol. The number of benzene rings is 6. The van der Waals surface area contributed by atoms with Gasteiger partial charge in [0.05, 0.1) is 19.3 Å². The van der Waals surface area contributed by atoms with E-state index in [2.05, 4.69) is 118 Å².